The lowest BCUT2D eigenvalue weighted by molar-refractivity contribution is -0.0426. The second-order valence-electron chi connectivity index (χ2n) is 15.0. The number of pyridine rings is 1. The van der Waals surface area contributed by atoms with Crippen molar-refractivity contribution in [3.63, 3.8) is 0 Å². The van der Waals surface area contributed by atoms with Gasteiger partial charge in [0, 0.05) is 60.1 Å². The first-order valence-electron chi connectivity index (χ1n) is 17.4. The molecule has 2 aromatic carbocycles. The standard InChI is InChI=1S/C38H45ClN6O2/c1-23(2)47-33-18-28(9-10-32(33)44-13-11-43(4)12-14-44)41-37-40-22-30-24(3)34(29-7-5-6-8-31(29)39)36(46)45(35(30)42-37)38-19-25-15-26(20-38)17-27(16-25)21-38/h5-10,18,22-23,25-27H,11-17,19-21H2,1-4H3,(H,40,41,42). The van der Waals surface area contributed by atoms with E-state index in [4.69, 9.17) is 26.3 Å². The molecule has 5 aliphatic rings. The second-order valence-corrected chi connectivity index (χ2v) is 15.4. The average Bonchev–Trinajstić information content (AvgIpc) is 3.02. The zero-order chi connectivity index (χ0) is 32.4. The molecular formula is C38H45ClN6O2. The third kappa shape index (κ3) is 5.47. The van der Waals surface area contributed by atoms with E-state index in [1.807, 2.05) is 37.4 Å². The first kappa shape index (κ1) is 30.7. The van der Waals surface area contributed by atoms with Gasteiger partial charge in [0.05, 0.1) is 22.9 Å². The van der Waals surface area contributed by atoms with Gasteiger partial charge in [0.15, 0.2) is 0 Å². The molecule has 47 heavy (non-hydrogen) atoms. The maximum Gasteiger partial charge on any atom is 0.260 e. The van der Waals surface area contributed by atoms with Crippen molar-refractivity contribution in [2.45, 2.75) is 70.9 Å². The van der Waals surface area contributed by atoms with Gasteiger partial charge >= 0.3 is 0 Å². The van der Waals surface area contributed by atoms with Crippen LogP contribution in [0.4, 0.5) is 17.3 Å². The summed E-state index contributed by atoms with van der Waals surface area (Å²) in [5.74, 6) is 3.34. The number of halogens is 1. The summed E-state index contributed by atoms with van der Waals surface area (Å²) in [4.78, 5) is 29.6. The SMILES string of the molecule is Cc1c(-c2ccccc2Cl)c(=O)n(C23CC4CC(CC(C4)C2)C3)c2nc(Nc3ccc(N4CCN(C)CC4)c(OC(C)C)c3)ncc12. The summed E-state index contributed by atoms with van der Waals surface area (Å²) in [6, 6.07) is 14.0. The molecule has 9 rings (SSSR count). The summed E-state index contributed by atoms with van der Waals surface area (Å²) >= 11 is 6.75. The van der Waals surface area contributed by atoms with Crippen LogP contribution in [-0.2, 0) is 5.54 Å². The number of fused-ring (bicyclic) bond motifs is 1. The lowest BCUT2D eigenvalue weighted by Crippen LogP contribution is -2.55. The van der Waals surface area contributed by atoms with Gasteiger partial charge in [-0.05, 0) is 108 Å². The van der Waals surface area contributed by atoms with Gasteiger partial charge in [-0.2, -0.15) is 4.98 Å². The number of aromatic nitrogens is 3. The maximum atomic E-state index is 14.9. The summed E-state index contributed by atoms with van der Waals surface area (Å²) in [6.45, 7) is 10.1. The highest BCUT2D eigenvalue weighted by Gasteiger charge is 2.53. The monoisotopic (exact) mass is 652 g/mol. The number of nitrogens with zero attached hydrogens (tertiary/aromatic N) is 5. The minimum absolute atomic E-state index is 0.0128. The van der Waals surface area contributed by atoms with E-state index in [2.05, 4.69) is 58.8 Å². The molecule has 9 heteroatoms. The highest BCUT2D eigenvalue weighted by Crippen LogP contribution is 2.59. The lowest BCUT2D eigenvalue weighted by atomic mass is 9.53. The molecule has 8 nitrogen and oxygen atoms in total. The molecule has 4 saturated carbocycles. The fraction of sp³-hybridized carbons (Fsp3) is 0.500. The molecule has 0 radical (unpaired) electrons. The van der Waals surface area contributed by atoms with E-state index >= 15 is 0 Å². The van der Waals surface area contributed by atoms with Crippen LogP contribution < -0.4 is 20.5 Å². The third-order valence-electron chi connectivity index (χ3n) is 11.2. The van der Waals surface area contributed by atoms with Crippen molar-refractivity contribution in [1.82, 2.24) is 19.4 Å². The van der Waals surface area contributed by atoms with Gasteiger partial charge in [0.25, 0.3) is 5.56 Å². The number of hydrogen-bond donors (Lipinski definition) is 1. The van der Waals surface area contributed by atoms with Gasteiger partial charge in [-0.25, -0.2) is 4.98 Å². The van der Waals surface area contributed by atoms with E-state index < -0.39 is 0 Å². The molecule has 0 atom stereocenters. The molecule has 0 amide bonds. The van der Waals surface area contributed by atoms with Crippen LogP contribution >= 0.6 is 11.6 Å². The quantitative estimate of drug-likeness (QED) is 0.220. The molecule has 246 valence electrons. The van der Waals surface area contributed by atoms with Gasteiger partial charge in [-0.1, -0.05) is 29.8 Å². The van der Waals surface area contributed by atoms with Gasteiger partial charge in [-0.3, -0.25) is 9.36 Å². The molecule has 0 unspecified atom stereocenters. The van der Waals surface area contributed by atoms with Gasteiger partial charge in [0.2, 0.25) is 5.95 Å². The fourth-order valence-electron chi connectivity index (χ4n) is 9.51. The van der Waals surface area contributed by atoms with E-state index in [-0.39, 0.29) is 17.2 Å². The zero-order valence-electron chi connectivity index (χ0n) is 27.9. The molecule has 5 fully saturated rings. The number of hydrogen-bond acceptors (Lipinski definition) is 7. The van der Waals surface area contributed by atoms with Crippen LogP contribution in [0.2, 0.25) is 5.02 Å². The van der Waals surface area contributed by atoms with Crippen molar-refractivity contribution < 1.29 is 4.74 Å². The van der Waals surface area contributed by atoms with Crippen LogP contribution in [0.15, 0.2) is 53.5 Å². The number of ether oxygens (including phenoxy) is 1. The maximum absolute atomic E-state index is 14.9. The highest BCUT2D eigenvalue weighted by atomic mass is 35.5. The number of anilines is 3. The first-order chi connectivity index (χ1) is 22.7. The Labute approximate surface area is 282 Å². The van der Waals surface area contributed by atoms with Gasteiger partial charge in [0.1, 0.15) is 11.4 Å². The van der Waals surface area contributed by atoms with Crippen molar-refractivity contribution in [3.05, 3.63) is 69.6 Å². The molecule has 4 aliphatic carbocycles. The summed E-state index contributed by atoms with van der Waals surface area (Å²) in [6.07, 6.45) is 8.92. The predicted molar refractivity (Wildman–Crippen MR) is 190 cm³/mol. The Kier molecular flexibility index (Phi) is 7.71. The van der Waals surface area contributed by atoms with Crippen LogP contribution in [-0.4, -0.2) is 58.8 Å². The molecular weight excluding hydrogens is 608 g/mol. The van der Waals surface area contributed by atoms with E-state index in [0.29, 0.717) is 34.3 Å². The van der Waals surface area contributed by atoms with Crippen LogP contribution in [0.25, 0.3) is 22.2 Å². The largest absolute Gasteiger partial charge is 0.489 e. The van der Waals surface area contributed by atoms with Crippen molar-refractivity contribution >= 4 is 40.0 Å². The summed E-state index contributed by atoms with van der Waals surface area (Å²) in [5, 5.41) is 4.96. The molecule has 0 spiro atoms. The summed E-state index contributed by atoms with van der Waals surface area (Å²) < 4.78 is 8.43. The van der Waals surface area contributed by atoms with E-state index in [1.54, 1.807) is 0 Å². The Bertz CT molecular complexity index is 1860. The van der Waals surface area contributed by atoms with Gasteiger partial charge < -0.3 is 19.9 Å². The number of aryl methyl sites for hydroxylation is 1. The summed E-state index contributed by atoms with van der Waals surface area (Å²) in [7, 11) is 2.17. The lowest BCUT2D eigenvalue weighted by Gasteiger charge is -2.57. The predicted octanol–water partition coefficient (Wildman–Crippen LogP) is 7.63. The first-order valence-corrected chi connectivity index (χ1v) is 17.7. The van der Waals surface area contributed by atoms with Crippen molar-refractivity contribution in [1.29, 1.82) is 0 Å². The van der Waals surface area contributed by atoms with E-state index in [0.717, 1.165) is 84.7 Å². The highest BCUT2D eigenvalue weighted by molar-refractivity contribution is 6.33. The number of likely N-dealkylation sites (N-methyl/N-ethyl adjacent to an activating group) is 1. The molecule has 4 aromatic rings. The third-order valence-corrected chi connectivity index (χ3v) is 11.6. The van der Waals surface area contributed by atoms with Gasteiger partial charge in [-0.15, -0.1) is 0 Å². The summed E-state index contributed by atoms with van der Waals surface area (Å²) in [5.41, 5.74) is 4.77. The molecule has 3 heterocycles. The van der Waals surface area contributed by atoms with Crippen LogP contribution in [0.5, 0.6) is 5.75 Å². The average molecular weight is 653 g/mol. The Morgan fingerprint density at radius 3 is 2.32 bits per heavy atom. The number of benzene rings is 2. The zero-order valence-corrected chi connectivity index (χ0v) is 28.7. The van der Waals surface area contributed by atoms with Crippen LogP contribution in [0.3, 0.4) is 0 Å². The van der Waals surface area contributed by atoms with E-state index in [1.165, 1.54) is 19.3 Å². The molecule has 2 aromatic heterocycles. The number of piperazine rings is 1. The van der Waals surface area contributed by atoms with Crippen molar-refractivity contribution in [2.24, 2.45) is 17.8 Å². The Morgan fingerprint density at radius 2 is 1.66 bits per heavy atom. The number of rotatable bonds is 7. The van der Waals surface area contributed by atoms with Crippen molar-refractivity contribution in [3.8, 4) is 16.9 Å². The molecule has 4 bridgehead atoms. The smallest absolute Gasteiger partial charge is 0.260 e. The molecule has 1 saturated heterocycles. The minimum atomic E-state index is -0.234. The normalized spacial score (nSPS) is 25.6. The van der Waals surface area contributed by atoms with Crippen LogP contribution in [0.1, 0.15) is 57.9 Å². The number of nitrogens with one attached hydrogen (secondary N) is 1. The minimum Gasteiger partial charge on any atom is -0.489 e. The molecule has 1 N–H and O–H groups in total. The molecule has 1 aliphatic heterocycles. The van der Waals surface area contributed by atoms with Crippen LogP contribution in [0, 0.1) is 24.7 Å². The Hall–Kier alpha value is -3.62. The Morgan fingerprint density at radius 1 is 0.979 bits per heavy atom. The topological polar surface area (TPSA) is 75.5 Å². The fourth-order valence-corrected chi connectivity index (χ4v) is 9.74. The van der Waals surface area contributed by atoms with Crippen molar-refractivity contribution in [2.75, 3.05) is 43.4 Å². The second kappa shape index (κ2) is 11.8. The van der Waals surface area contributed by atoms with E-state index in [9.17, 15) is 4.79 Å². The Balaban J connectivity index is 1.24.